The molecule has 0 aliphatic carbocycles. The first-order chi connectivity index (χ1) is 15.0. The Bertz CT molecular complexity index is 1100. The molecule has 0 aliphatic heterocycles. The monoisotopic (exact) mass is 503 g/mol. The summed E-state index contributed by atoms with van der Waals surface area (Å²) in [5.74, 6) is -1.93. The number of hydrogen-bond donors (Lipinski definition) is 1. The number of nitrogens with zero attached hydrogens (tertiary/aromatic N) is 2. The van der Waals surface area contributed by atoms with Gasteiger partial charge in [-0.05, 0) is 43.7 Å². The lowest BCUT2D eigenvalue weighted by molar-refractivity contribution is -0.139. The van der Waals surface area contributed by atoms with Crippen molar-refractivity contribution < 1.29 is 22.4 Å². The Kier molecular flexibility index (Phi) is 8.89. The van der Waals surface area contributed by atoms with Gasteiger partial charge in [0.25, 0.3) is 0 Å². The topological polar surface area (TPSA) is 86.8 Å². The van der Waals surface area contributed by atoms with Crippen molar-refractivity contribution in [1.29, 1.82) is 0 Å². The van der Waals surface area contributed by atoms with Crippen LogP contribution in [-0.2, 0) is 26.2 Å². The zero-order chi connectivity index (χ0) is 24.1. The molecule has 0 bridgehead atoms. The van der Waals surface area contributed by atoms with Crippen molar-refractivity contribution in [3.63, 3.8) is 0 Å². The van der Waals surface area contributed by atoms with E-state index < -0.39 is 40.2 Å². The summed E-state index contributed by atoms with van der Waals surface area (Å²) in [6.07, 6.45) is 0.875. The highest BCUT2D eigenvalue weighted by molar-refractivity contribution is 7.92. The van der Waals surface area contributed by atoms with Crippen LogP contribution >= 0.6 is 23.2 Å². The molecule has 0 spiro atoms. The molecule has 0 unspecified atom stereocenters. The molecule has 2 amide bonds. The molecule has 0 heterocycles. The summed E-state index contributed by atoms with van der Waals surface area (Å²) in [6, 6.07) is 8.98. The molecular weight excluding hydrogens is 480 g/mol. The second-order valence-corrected chi connectivity index (χ2v) is 9.80. The zero-order valence-corrected chi connectivity index (χ0v) is 20.1. The molecule has 2 rings (SSSR count). The van der Waals surface area contributed by atoms with E-state index in [9.17, 15) is 22.4 Å². The number of para-hydroxylation sites is 1. The van der Waals surface area contributed by atoms with E-state index in [1.807, 2.05) is 0 Å². The average molecular weight is 504 g/mol. The van der Waals surface area contributed by atoms with Gasteiger partial charge in [-0.3, -0.25) is 13.9 Å². The number of carbonyl (C=O) groups is 2. The third kappa shape index (κ3) is 6.57. The van der Waals surface area contributed by atoms with Crippen LogP contribution in [0.25, 0.3) is 0 Å². The number of benzene rings is 2. The van der Waals surface area contributed by atoms with Crippen LogP contribution in [0.5, 0.6) is 0 Å². The van der Waals surface area contributed by atoms with Gasteiger partial charge in [-0.1, -0.05) is 41.4 Å². The fourth-order valence-electron chi connectivity index (χ4n) is 2.99. The molecule has 0 saturated heterocycles. The van der Waals surface area contributed by atoms with Crippen LogP contribution in [0.3, 0.4) is 0 Å². The van der Waals surface area contributed by atoms with Crippen LogP contribution < -0.4 is 9.62 Å². The first-order valence-corrected chi connectivity index (χ1v) is 12.3. The minimum Gasteiger partial charge on any atom is -0.355 e. The van der Waals surface area contributed by atoms with Gasteiger partial charge in [0.05, 0.1) is 11.9 Å². The Labute approximate surface area is 197 Å². The number of halogens is 3. The quantitative estimate of drug-likeness (QED) is 0.567. The number of anilines is 1. The van der Waals surface area contributed by atoms with Crippen molar-refractivity contribution in [2.75, 3.05) is 23.7 Å². The predicted octanol–water partition coefficient (Wildman–Crippen LogP) is 3.45. The molecule has 11 heteroatoms. The number of rotatable bonds is 9. The second kappa shape index (κ2) is 11.0. The first kappa shape index (κ1) is 25.9. The Morgan fingerprint density at radius 3 is 2.38 bits per heavy atom. The molecule has 0 saturated carbocycles. The molecule has 0 radical (unpaired) electrons. The maximum atomic E-state index is 14.3. The van der Waals surface area contributed by atoms with Crippen LogP contribution in [0, 0.1) is 5.82 Å². The number of nitrogens with one attached hydrogen (secondary N) is 1. The fraction of sp³-hybridized carbons (Fsp3) is 0.333. The van der Waals surface area contributed by atoms with Gasteiger partial charge < -0.3 is 10.2 Å². The van der Waals surface area contributed by atoms with Crippen LogP contribution in [-0.4, -0.2) is 50.5 Å². The smallest absolute Gasteiger partial charge is 0.244 e. The molecular formula is C21H24Cl2FN3O4S. The van der Waals surface area contributed by atoms with Crippen molar-refractivity contribution >= 4 is 50.7 Å². The van der Waals surface area contributed by atoms with Crippen molar-refractivity contribution in [2.45, 2.75) is 26.4 Å². The number of hydrogen-bond acceptors (Lipinski definition) is 4. The van der Waals surface area contributed by atoms with Crippen LogP contribution in [0.1, 0.15) is 19.4 Å². The number of likely N-dealkylation sites (N-methyl/N-ethyl adjacent to an activating group) is 1. The van der Waals surface area contributed by atoms with Crippen molar-refractivity contribution in [1.82, 2.24) is 10.2 Å². The highest BCUT2D eigenvalue weighted by Gasteiger charge is 2.31. The molecule has 2 aromatic rings. The molecule has 174 valence electrons. The summed E-state index contributed by atoms with van der Waals surface area (Å²) in [5.41, 5.74) is 0.246. The molecule has 0 aliphatic rings. The summed E-state index contributed by atoms with van der Waals surface area (Å²) < 4.78 is 39.7. The van der Waals surface area contributed by atoms with E-state index in [2.05, 4.69) is 5.32 Å². The average Bonchev–Trinajstić information content (AvgIpc) is 2.71. The van der Waals surface area contributed by atoms with Gasteiger partial charge in [-0.25, -0.2) is 12.8 Å². The predicted molar refractivity (Wildman–Crippen MR) is 124 cm³/mol. The van der Waals surface area contributed by atoms with Gasteiger partial charge >= 0.3 is 0 Å². The van der Waals surface area contributed by atoms with E-state index in [-0.39, 0.29) is 17.3 Å². The largest absolute Gasteiger partial charge is 0.355 e. The number of amides is 2. The Balaban J connectivity index is 2.43. The fourth-order valence-corrected chi connectivity index (χ4v) is 4.31. The second-order valence-electron chi connectivity index (χ2n) is 7.05. The van der Waals surface area contributed by atoms with Gasteiger partial charge in [0.2, 0.25) is 21.8 Å². The lowest BCUT2D eigenvalue weighted by Crippen LogP contribution is -2.51. The summed E-state index contributed by atoms with van der Waals surface area (Å²) >= 11 is 12.2. The maximum absolute atomic E-state index is 14.3. The van der Waals surface area contributed by atoms with Gasteiger partial charge in [-0.2, -0.15) is 0 Å². The molecule has 32 heavy (non-hydrogen) atoms. The standard InChI is InChI=1S/C21H24Cl2FN3O4S/c1-4-25-21(29)14(2)26(12-15-9-10-16(22)11-17(15)23)20(28)13-27(32(3,30)31)19-8-6-5-7-18(19)24/h5-11,14H,4,12-13H2,1-3H3,(H,25,29)/t14-/m0/s1. The van der Waals surface area contributed by atoms with E-state index in [1.54, 1.807) is 19.1 Å². The van der Waals surface area contributed by atoms with E-state index in [0.29, 0.717) is 21.4 Å². The van der Waals surface area contributed by atoms with Gasteiger partial charge in [0.15, 0.2) is 0 Å². The van der Waals surface area contributed by atoms with E-state index in [1.165, 1.54) is 36.1 Å². The third-order valence-corrected chi connectivity index (χ3v) is 6.39. The first-order valence-electron chi connectivity index (χ1n) is 9.69. The summed E-state index contributed by atoms with van der Waals surface area (Å²) in [6.45, 7) is 2.81. The molecule has 0 aromatic heterocycles. The highest BCUT2D eigenvalue weighted by Crippen LogP contribution is 2.25. The van der Waals surface area contributed by atoms with Gasteiger partial charge in [-0.15, -0.1) is 0 Å². The number of carbonyl (C=O) groups excluding carboxylic acids is 2. The van der Waals surface area contributed by atoms with Crippen LogP contribution in [0.15, 0.2) is 42.5 Å². The minimum absolute atomic E-state index is 0.0813. The zero-order valence-electron chi connectivity index (χ0n) is 17.8. The summed E-state index contributed by atoms with van der Waals surface area (Å²) in [7, 11) is -4.01. The third-order valence-electron chi connectivity index (χ3n) is 4.67. The Morgan fingerprint density at radius 2 is 1.81 bits per heavy atom. The molecule has 7 nitrogen and oxygen atoms in total. The van der Waals surface area contributed by atoms with Crippen molar-refractivity contribution in [3.8, 4) is 0 Å². The van der Waals surface area contributed by atoms with Crippen molar-refractivity contribution in [2.24, 2.45) is 0 Å². The SMILES string of the molecule is CCNC(=O)[C@H](C)N(Cc1ccc(Cl)cc1Cl)C(=O)CN(c1ccccc1F)S(C)(=O)=O. The van der Waals surface area contributed by atoms with Crippen LogP contribution in [0.4, 0.5) is 10.1 Å². The normalized spacial score (nSPS) is 12.2. The minimum atomic E-state index is -4.01. The molecule has 0 fully saturated rings. The maximum Gasteiger partial charge on any atom is 0.244 e. The van der Waals surface area contributed by atoms with Gasteiger partial charge in [0.1, 0.15) is 18.4 Å². The Morgan fingerprint density at radius 1 is 1.16 bits per heavy atom. The van der Waals surface area contributed by atoms with Gasteiger partial charge in [0, 0.05) is 23.1 Å². The lowest BCUT2D eigenvalue weighted by atomic mass is 10.1. The number of sulfonamides is 1. The molecule has 1 N–H and O–H groups in total. The summed E-state index contributed by atoms with van der Waals surface area (Å²) in [5, 5.41) is 3.32. The lowest BCUT2D eigenvalue weighted by Gasteiger charge is -2.31. The Hall–Kier alpha value is -2.36. The van der Waals surface area contributed by atoms with E-state index in [4.69, 9.17) is 23.2 Å². The summed E-state index contributed by atoms with van der Waals surface area (Å²) in [4.78, 5) is 26.9. The molecule has 1 atom stereocenters. The van der Waals surface area contributed by atoms with E-state index in [0.717, 1.165) is 12.3 Å². The van der Waals surface area contributed by atoms with E-state index >= 15 is 0 Å². The highest BCUT2D eigenvalue weighted by atomic mass is 35.5. The van der Waals surface area contributed by atoms with Crippen LogP contribution in [0.2, 0.25) is 10.0 Å². The van der Waals surface area contributed by atoms with Crippen molar-refractivity contribution in [3.05, 3.63) is 63.9 Å². The molecule has 2 aromatic carbocycles.